The molecule has 0 saturated carbocycles. The summed E-state index contributed by atoms with van der Waals surface area (Å²) in [4.78, 5) is 12.3. The summed E-state index contributed by atoms with van der Waals surface area (Å²) in [5, 5.41) is 11.4. The van der Waals surface area contributed by atoms with Gasteiger partial charge in [-0.25, -0.2) is 4.68 Å². The lowest BCUT2D eigenvalue weighted by atomic mass is 10.2. The van der Waals surface area contributed by atoms with E-state index in [1.54, 1.807) is 35.7 Å². The van der Waals surface area contributed by atoms with Gasteiger partial charge in [-0.2, -0.15) is 10.2 Å². The number of aryl methyl sites for hydroxylation is 2. The number of benzene rings is 1. The largest absolute Gasteiger partial charge is 0.471 e. The molecule has 0 unspecified atom stereocenters. The van der Waals surface area contributed by atoms with Crippen molar-refractivity contribution in [3.05, 3.63) is 58.6 Å². The van der Waals surface area contributed by atoms with Crippen molar-refractivity contribution in [1.29, 1.82) is 0 Å². The number of amides is 1. The van der Waals surface area contributed by atoms with Gasteiger partial charge in [-0.05, 0) is 31.0 Å². The van der Waals surface area contributed by atoms with Crippen LogP contribution >= 0.6 is 11.6 Å². The highest BCUT2D eigenvalue weighted by molar-refractivity contribution is 6.34. The van der Waals surface area contributed by atoms with Crippen LogP contribution in [0.25, 0.3) is 0 Å². The molecule has 1 N–H and O–H groups in total. The van der Waals surface area contributed by atoms with E-state index in [9.17, 15) is 4.79 Å². The van der Waals surface area contributed by atoms with E-state index >= 15 is 0 Å². The fourth-order valence-electron chi connectivity index (χ4n) is 2.38. The Morgan fingerprint density at radius 3 is 2.65 bits per heavy atom. The van der Waals surface area contributed by atoms with E-state index in [0.29, 0.717) is 10.7 Å². The maximum atomic E-state index is 12.3. The average molecular weight is 374 g/mol. The van der Waals surface area contributed by atoms with Gasteiger partial charge in [-0.3, -0.25) is 9.48 Å². The van der Waals surface area contributed by atoms with Crippen molar-refractivity contribution in [3.8, 4) is 5.75 Å². The minimum atomic E-state index is -0.380. The zero-order chi connectivity index (χ0) is 18.7. The van der Waals surface area contributed by atoms with E-state index in [0.717, 1.165) is 17.9 Å². The molecule has 0 bridgehead atoms. The van der Waals surface area contributed by atoms with Crippen molar-refractivity contribution >= 4 is 23.2 Å². The SMILES string of the molecule is CCc1ccc(OCn2cc(NC(=O)c3nn(C)c(C)c3Cl)cn2)cc1. The predicted molar refractivity (Wildman–Crippen MR) is 99.6 cm³/mol. The lowest BCUT2D eigenvalue weighted by Gasteiger charge is -2.06. The van der Waals surface area contributed by atoms with Gasteiger partial charge in [-0.15, -0.1) is 0 Å². The molecule has 2 heterocycles. The van der Waals surface area contributed by atoms with Gasteiger partial charge in [0.1, 0.15) is 5.75 Å². The van der Waals surface area contributed by atoms with Crippen LogP contribution in [0, 0.1) is 6.92 Å². The summed E-state index contributed by atoms with van der Waals surface area (Å²) in [6.45, 7) is 4.15. The van der Waals surface area contributed by atoms with Gasteiger partial charge in [0, 0.05) is 7.05 Å². The molecule has 1 aromatic carbocycles. The highest BCUT2D eigenvalue weighted by atomic mass is 35.5. The quantitative estimate of drug-likeness (QED) is 0.718. The van der Waals surface area contributed by atoms with Crippen molar-refractivity contribution in [2.75, 3.05) is 5.32 Å². The summed E-state index contributed by atoms with van der Waals surface area (Å²) in [5.41, 5.74) is 2.71. The second kappa shape index (κ2) is 7.61. The molecule has 7 nitrogen and oxygen atoms in total. The topological polar surface area (TPSA) is 74.0 Å². The van der Waals surface area contributed by atoms with E-state index in [-0.39, 0.29) is 18.3 Å². The maximum Gasteiger partial charge on any atom is 0.277 e. The van der Waals surface area contributed by atoms with Crippen LogP contribution in [-0.4, -0.2) is 25.5 Å². The first-order valence-corrected chi connectivity index (χ1v) is 8.60. The number of nitrogens with zero attached hydrogens (tertiary/aromatic N) is 4. The molecule has 3 aromatic rings. The zero-order valence-electron chi connectivity index (χ0n) is 14.9. The Kier molecular flexibility index (Phi) is 5.27. The standard InChI is InChI=1S/C18H20ClN5O2/c1-4-13-5-7-15(8-6-13)26-11-24-10-14(9-20-24)21-18(25)17-16(19)12(2)23(3)22-17/h5-10H,4,11H2,1-3H3,(H,21,25). The molecule has 2 aromatic heterocycles. The summed E-state index contributed by atoms with van der Waals surface area (Å²) in [5.74, 6) is 0.383. The number of hydrogen-bond donors (Lipinski definition) is 1. The Hall–Kier alpha value is -2.80. The summed E-state index contributed by atoms with van der Waals surface area (Å²) >= 11 is 6.13. The third-order valence-electron chi connectivity index (χ3n) is 4.06. The van der Waals surface area contributed by atoms with Crippen LogP contribution in [0.15, 0.2) is 36.7 Å². The molecule has 0 radical (unpaired) electrons. The monoisotopic (exact) mass is 373 g/mol. The first-order chi connectivity index (χ1) is 12.5. The minimum absolute atomic E-state index is 0.187. The first-order valence-electron chi connectivity index (χ1n) is 8.22. The molecule has 0 atom stereocenters. The number of hydrogen-bond acceptors (Lipinski definition) is 4. The third-order valence-corrected chi connectivity index (χ3v) is 4.51. The van der Waals surface area contributed by atoms with Crippen LogP contribution in [0.4, 0.5) is 5.69 Å². The molecular formula is C18H20ClN5O2. The van der Waals surface area contributed by atoms with E-state index in [1.807, 2.05) is 24.3 Å². The van der Waals surface area contributed by atoms with Crippen molar-refractivity contribution in [2.45, 2.75) is 27.0 Å². The second-order valence-corrected chi connectivity index (χ2v) is 6.24. The number of ether oxygens (including phenoxy) is 1. The molecule has 26 heavy (non-hydrogen) atoms. The Bertz CT molecular complexity index is 914. The lowest BCUT2D eigenvalue weighted by Crippen LogP contribution is -2.13. The molecule has 8 heteroatoms. The number of anilines is 1. The lowest BCUT2D eigenvalue weighted by molar-refractivity contribution is 0.102. The highest BCUT2D eigenvalue weighted by Gasteiger charge is 2.18. The van der Waals surface area contributed by atoms with Gasteiger partial charge in [0.05, 0.1) is 28.8 Å². The van der Waals surface area contributed by atoms with Crippen molar-refractivity contribution in [2.24, 2.45) is 7.05 Å². The number of carbonyl (C=O) groups excluding carboxylic acids is 1. The minimum Gasteiger partial charge on any atom is -0.471 e. The van der Waals surface area contributed by atoms with Crippen LogP contribution in [-0.2, 0) is 20.2 Å². The average Bonchev–Trinajstić information content (AvgIpc) is 3.20. The molecule has 1 amide bonds. The fourth-order valence-corrected chi connectivity index (χ4v) is 2.62. The molecule has 0 fully saturated rings. The number of aromatic nitrogens is 4. The molecule has 136 valence electrons. The van der Waals surface area contributed by atoms with Gasteiger partial charge >= 0.3 is 0 Å². The van der Waals surface area contributed by atoms with E-state index in [2.05, 4.69) is 22.4 Å². The first kappa shape index (κ1) is 18.0. The fraction of sp³-hybridized carbons (Fsp3) is 0.278. The zero-order valence-corrected chi connectivity index (χ0v) is 15.6. The van der Waals surface area contributed by atoms with Gasteiger partial charge in [0.15, 0.2) is 12.4 Å². The number of rotatable bonds is 6. The Morgan fingerprint density at radius 1 is 1.31 bits per heavy atom. The van der Waals surface area contributed by atoms with Crippen LogP contribution in [0.5, 0.6) is 5.75 Å². The van der Waals surface area contributed by atoms with E-state index < -0.39 is 0 Å². The van der Waals surface area contributed by atoms with Crippen molar-refractivity contribution in [3.63, 3.8) is 0 Å². The summed E-state index contributed by atoms with van der Waals surface area (Å²) < 4.78 is 8.84. The van der Waals surface area contributed by atoms with Crippen molar-refractivity contribution in [1.82, 2.24) is 19.6 Å². The van der Waals surface area contributed by atoms with E-state index in [4.69, 9.17) is 16.3 Å². The summed E-state index contributed by atoms with van der Waals surface area (Å²) in [6, 6.07) is 7.91. The molecule has 0 saturated heterocycles. The number of nitrogens with one attached hydrogen (secondary N) is 1. The van der Waals surface area contributed by atoms with E-state index in [1.165, 1.54) is 5.56 Å². The number of carbonyl (C=O) groups is 1. The molecule has 3 rings (SSSR count). The Labute approximate surface area is 156 Å². The van der Waals surface area contributed by atoms with Crippen LogP contribution in [0.2, 0.25) is 5.02 Å². The third kappa shape index (κ3) is 3.88. The molecular weight excluding hydrogens is 354 g/mol. The Balaban J connectivity index is 1.60. The van der Waals surface area contributed by atoms with Crippen molar-refractivity contribution < 1.29 is 9.53 Å². The van der Waals surface area contributed by atoms with Gasteiger partial charge in [0.2, 0.25) is 0 Å². The van der Waals surface area contributed by atoms with Crippen LogP contribution in [0.1, 0.15) is 28.7 Å². The summed E-state index contributed by atoms with van der Waals surface area (Å²) in [7, 11) is 1.74. The second-order valence-electron chi connectivity index (χ2n) is 5.87. The Morgan fingerprint density at radius 2 is 2.04 bits per heavy atom. The van der Waals surface area contributed by atoms with Gasteiger partial charge in [0.25, 0.3) is 5.91 Å². The molecule has 0 aliphatic rings. The normalized spacial score (nSPS) is 10.8. The number of halogens is 1. The molecule has 0 aliphatic heterocycles. The summed E-state index contributed by atoms with van der Waals surface area (Å²) in [6.07, 6.45) is 4.22. The van der Waals surface area contributed by atoms with Gasteiger partial charge in [-0.1, -0.05) is 30.7 Å². The predicted octanol–water partition coefficient (Wildman–Crippen LogP) is 3.43. The van der Waals surface area contributed by atoms with Crippen LogP contribution in [0.3, 0.4) is 0 Å². The highest BCUT2D eigenvalue weighted by Crippen LogP contribution is 2.20. The van der Waals surface area contributed by atoms with Crippen LogP contribution < -0.4 is 10.1 Å². The maximum absolute atomic E-state index is 12.3. The molecule has 0 aliphatic carbocycles. The van der Waals surface area contributed by atoms with Gasteiger partial charge < -0.3 is 10.1 Å². The smallest absolute Gasteiger partial charge is 0.277 e. The molecule has 0 spiro atoms.